The Hall–Kier alpha value is -3.36. The normalized spacial score (nSPS) is 17.2. The largest absolute Gasteiger partial charge is 0.365 e. The molecule has 0 bridgehead atoms. The molecule has 3 N–H and O–H groups in total. The van der Waals surface area contributed by atoms with E-state index in [1.54, 1.807) is 11.1 Å². The first-order valence-corrected chi connectivity index (χ1v) is 8.42. The lowest BCUT2D eigenvalue weighted by Crippen LogP contribution is -2.44. The van der Waals surface area contributed by atoms with Gasteiger partial charge in [0.1, 0.15) is 23.4 Å². The van der Waals surface area contributed by atoms with Gasteiger partial charge < -0.3 is 25.0 Å². The first kappa shape index (κ1) is 16.1. The van der Waals surface area contributed by atoms with Crippen molar-refractivity contribution in [2.24, 2.45) is 0 Å². The van der Waals surface area contributed by atoms with Crippen LogP contribution in [0.3, 0.4) is 0 Å². The van der Waals surface area contributed by atoms with Gasteiger partial charge >= 0.3 is 0 Å². The molecule has 0 saturated carbocycles. The zero-order valence-electron chi connectivity index (χ0n) is 14.1. The fourth-order valence-electron chi connectivity index (χ4n) is 3.12. The summed E-state index contributed by atoms with van der Waals surface area (Å²) in [6, 6.07) is 2.04. The van der Waals surface area contributed by atoms with Crippen LogP contribution < -0.4 is 10.6 Å². The van der Waals surface area contributed by atoms with Crippen LogP contribution in [-0.4, -0.2) is 50.0 Å². The number of carbonyl (C=O) groups excluding carboxylic acids is 1. The van der Waals surface area contributed by atoms with E-state index in [4.69, 9.17) is 4.52 Å². The molecule has 3 aromatic heterocycles. The minimum atomic E-state index is -0.0409. The predicted molar refractivity (Wildman–Crippen MR) is 97.1 cm³/mol. The second kappa shape index (κ2) is 6.87. The van der Waals surface area contributed by atoms with E-state index in [0.717, 1.165) is 30.4 Å². The Balaban J connectivity index is 1.58. The van der Waals surface area contributed by atoms with Crippen LogP contribution in [0.2, 0.25) is 0 Å². The molecule has 0 spiro atoms. The van der Waals surface area contributed by atoms with Crippen molar-refractivity contribution < 1.29 is 9.32 Å². The molecule has 1 amide bonds. The third-order valence-corrected chi connectivity index (χ3v) is 4.35. The molecule has 0 aliphatic carbocycles. The second-order valence-corrected chi connectivity index (χ2v) is 6.15. The van der Waals surface area contributed by atoms with Gasteiger partial charge in [0.15, 0.2) is 0 Å². The topological polar surface area (TPSA) is 112 Å². The van der Waals surface area contributed by atoms with Gasteiger partial charge in [0, 0.05) is 25.3 Å². The number of fused-ring (bicyclic) bond motifs is 1. The maximum Gasteiger partial charge on any atom is 0.246 e. The van der Waals surface area contributed by atoms with Gasteiger partial charge in [-0.25, -0.2) is 0 Å². The zero-order valence-corrected chi connectivity index (χ0v) is 14.1. The van der Waals surface area contributed by atoms with Crippen LogP contribution in [0.4, 0.5) is 17.5 Å². The molecule has 4 rings (SSSR count). The average Bonchev–Trinajstić information content (AvgIpc) is 3.33. The second-order valence-electron chi connectivity index (χ2n) is 6.15. The summed E-state index contributed by atoms with van der Waals surface area (Å²) in [7, 11) is 0. The highest BCUT2D eigenvalue weighted by molar-refractivity contribution is 5.89. The van der Waals surface area contributed by atoms with Gasteiger partial charge in [-0.2, -0.15) is 9.97 Å². The molecule has 0 aromatic carbocycles. The highest BCUT2D eigenvalue weighted by Gasteiger charge is 2.23. The standard InChI is InChI=1S/C17H19N7O2/c1-2-14(25)24-7-3-4-11(9-24)20-16-13-5-6-18-15(13)22-17(23-16)21-12-8-19-26-10-12/h2,5-6,8,10-11H,1,3-4,7,9H2,(H3,18,20,21,22,23). The Bertz CT molecular complexity index is 918. The number of piperidine rings is 1. The van der Waals surface area contributed by atoms with Gasteiger partial charge in [-0.15, -0.1) is 0 Å². The summed E-state index contributed by atoms with van der Waals surface area (Å²) >= 11 is 0. The highest BCUT2D eigenvalue weighted by atomic mass is 16.5. The van der Waals surface area contributed by atoms with E-state index in [-0.39, 0.29) is 11.9 Å². The monoisotopic (exact) mass is 353 g/mol. The average molecular weight is 353 g/mol. The highest BCUT2D eigenvalue weighted by Crippen LogP contribution is 2.25. The van der Waals surface area contributed by atoms with Gasteiger partial charge in [0.2, 0.25) is 11.9 Å². The van der Waals surface area contributed by atoms with Crippen molar-refractivity contribution in [2.45, 2.75) is 18.9 Å². The van der Waals surface area contributed by atoms with E-state index in [2.05, 4.69) is 37.3 Å². The molecule has 26 heavy (non-hydrogen) atoms. The molecule has 9 heteroatoms. The zero-order chi connectivity index (χ0) is 17.9. The van der Waals surface area contributed by atoms with Gasteiger partial charge in [0.05, 0.1) is 11.6 Å². The third-order valence-electron chi connectivity index (χ3n) is 4.35. The summed E-state index contributed by atoms with van der Waals surface area (Å²) in [5.74, 6) is 1.11. The number of nitrogens with zero attached hydrogens (tertiary/aromatic N) is 4. The molecule has 1 aliphatic rings. The van der Waals surface area contributed by atoms with Crippen molar-refractivity contribution in [3.8, 4) is 0 Å². The molecule has 9 nitrogen and oxygen atoms in total. The lowest BCUT2D eigenvalue weighted by Gasteiger charge is -2.32. The summed E-state index contributed by atoms with van der Waals surface area (Å²) in [5.41, 5.74) is 1.39. The van der Waals surface area contributed by atoms with E-state index in [1.165, 1.54) is 12.3 Å². The molecule has 0 radical (unpaired) electrons. The summed E-state index contributed by atoms with van der Waals surface area (Å²) in [6.07, 6.45) is 8.11. The Morgan fingerprint density at radius 1 is 1.46 bits per heavy atom. The lowest BCUT2D eigenvalue weighted by molar-refractivity contribution is -0.127. The van der Waals surface area contributed by atoms with E-state index in [0.29, 0.717) is 24.0 Å². The molecular weight excluding hydrogens is 334 g/mol. The quantitative estimate of drug-likeness (QED) is 0.603. The minimum absolute atomic E-state index is 0.0409. The molecule has 1 aliphatic heterocycles. The SMILES string of the molecule is C=CC(=O)N1CCCC(Nc2nc(Nc3cnoc3)nc3[nH]ccc23)C1. The number of anilines is 3. The van der Waals surface area contributed by atoms with E-state index in [1.807, 2.05) is 12.3 Å². The number of H-pyrrole nitrogens is 1. The van der Waals surface area contributed by atoms with Crippen molar-refractivity contribution in [3.63, 3.8) is 0 Å². The number of likely N-dealkylation sites (tertiary alicyclic amines) is 1. The van der Waals surface area contributed by atoms with Crippen LogP contribution in [0, 0.1) is 0 Å². The molecule has 1 saturated heterocycles. The number of aromatic nitrogens is 4. The van der Waals surface area contributed by atoms with Gasteiger partial charge in [0.25, 0.3) is 0 Å². The number of hydrogen-bond acceptors (Lipinski definition) is 7. The summed E-state index contributed by atoms with van der Waals surface area (Å²) in [4.78, 5) is 25.8. The van der Waals surface area contributed by atoms with Crippen molar-refractivity contribution in [1.82, 2.24) is 25.0 Å². The van der Waals surface area contributed by atoms with Crippen molar-refractivity contribution in [1.29, 1.82) is 0 Å². The van der Waals surface area contributed by atoms with Crippen LogP contribution in [0.5, 0.6) is 0 Å². The van der Waals surface area contributed by atoms with Crippen molar-refractivity contribution in [2.75, 3.05) is 23.7 Å². The fraction of sp³-hybridized carbons (Fsp3) is 0.294. The number of nitrogens with one attached hydrogen (secondary N) is 3. The number of aromatic amines is 1. The Morgan fingerprint density at radius 2 is 2.38 bits per heavy atom. The maximum absolute atomic E-state index is 11.9. The molecule has 1 fully saturated rings. The molecule has 134 valence electrons. The minimum Gasteiger partial charge on any atom is -0.365 e. The van der Waals surface area contributed by atoms with Crippen LogP contribution in [0.1, 0.15) is 12.8 Å². The molecule has 1 unspecified atom stereocenters. The number of carbonyl (C=O) groups is 1. The van der Waals surface area contributed by atoms with Crippen LogP contribution >= 0.6 is 0 Å². The van der Waals surface area contributed by atoms with Crippen LogP contribution in [-0.2, 0) is 4.79 Å². The first-order valence-electron chi connectivity index (χ1n) is 8.42. The van der Waals surface area contributed by atoms with E-state index >= 15 is 0 Å². The predicted octanol–water partition coefficient (Wildman–Crippen LogP) is 2.28. The maximum atomic E-state index is 11.9. The molecule has 3 aromatic rings. The Labute approximate surface area is 149 Å². The van der Waals surface area contributed by atoms with Crippen LogP contribution in [0.15, 0.2) is 41.9 Å². The van der Waals surface area contributed by atoms with Gasteiger partial charge in [-0.05, 0) is 25.0 Å². The summed E-state index contributed by atoms with van der Waals surface area (Å²) < 4.78 is 4.82. The number of rotatable bonds is 5. The van der Waals surface area contributed by atoms with Crippen molar-refractivity contribution >= 4 is 34.4 Å². The molecule has 4 heterocycles. The van der Waals surface area contributed by atoms with Gasteiger partial charge in [-0.1, -0.05) is 11.7 Å². The van der Waals surface area contributed by atoms with Crippen molar-refractivity contribution in [3.05, 3.63) is 37.4 Å². The first-order chi connectivity index (χ1) is 12.7. The van der Waals surface area contributed by atoms with E-state index < -0.39 is 0 Å². The molecule has 1 atom stereocenters. The summed E-state index contributed by atoms with van der Waals surface area (Å²) in [6.45, 7) is 4.95. The lowest BCUT2D eigenvalue weighted by atomic mass is 10.1. The van der Waals surface area contributed by atoms with Crippen LogP contribution in [0.25, 0.3) is 11.0 Å². The summed E-state index contributed by atoms with van der Waals surface area (Å²) in [5, 5.41) is 11.1. The Morgan fingerprint density at radius 3 is 3.19 bits per heavy atom. The smallest absolute Gasteiger partial charge is 0.246 e. The van der Waals surface area contributed by atoms with Gasteiger partial charge in [-0.3, -0.25) is 4.79 Å². The fourth-order valence-corrected chi connectivity index (χ4v) is 3.12. The number of hydrogen-bond donors (Lipinski definition) is 3. The number of amides is 1. The third kappa shape index (κ3) is 3.23. The Kier molecular flexibility index (Phi) is 4.26. The molecular formula is C17H19N7O2. The van der Waals surface area contributed by atoms with E-state index in [9.17, 15) is 4.79 Å².